The van der Waals surface area contributed by atoms with Crippen LogP contribution >= 0.6 is 22.9 Å². The van der Waals surface area contributed by atoms with Crippen LogP contribution in [0.4, 0.5) is 16.5 Å². The molecule has 2 N–H and O–H groups in total. The lowest BCUT2D eigenvalue weighted by molar-refractivity contribution is -0.117. The summed E-state index contributed by atoms with van der Waals surface area (Å²) < 4.78 is 0. The summed E-state index contributed by atoms with van der Waals surface area (Å²) in [6.45, 7) is 1.91. The van der Waals surface area contributed by atoms with E-state index in [4.69, 9.17) is 11.6 Å². The van der Waals surface area contributed by atoms with Gasteiger partial charge in [0, 0.05) is 47.8 Å². The van der Waals surface area contributed by atoms with E-state index in [2.05, 4.69) is 20.8 Å². The normalized spacial score (nSPS) is 15.7. The molecule has 10 heteroatoms. The Labute approximate surface area is 187 Å². The summed E-state index contributed by atoms with van der Waals surface area (Å²) in [4.78, 5) is 37.7. The van der Waals surface area contributed by atoms with Gasteiger partial charge in [0.05, 0.1) is 0 Å². The van der Waals surface area contributed by atoms with Crippen LogP contribution in [0.3, 0.4) is 0 Å². The zero-order chi connectivity index (χ0) is 22.0. The Bertz CT molecular complexity index is 1130. The third kappa shape index (κ3) is 4.89. The first-order chi connectivity index (χ1) is 14.9. The maximum atomic E-state index is 12.5. The Morgan fingerprint density at radius 2 is 1.77 bits per heavy atom. The van der Waals surface area contributed by atoms with Crippen molar-refractivity contribution in [3.8, 4) is 0 Å². The largest absolute Gasteiger partial charge is 0.326 e. The molecule has 3 aromatic rings. The van der Waals surface area contributed by atoms with Crippen molar-refractivity contribution in [3.05, 3.63) is 64.1 Å². The van der Waals surface area contributed by atoms with E-state index >= 15 is 0 Å². The fourth-order valence-electron chi connectivity index (χ4n) is 3.27. The van der Waals surface area contributed by atoms with Crippen molar-refractivity contribution < 1.29 is 14.4 Å². The molecular weight excluding hydrogens is 438 g/mol. The molecule has 8 nitrogen and oxygen atoms in total. The summed E-state index contributed by atoms with van der Waals surface area (Å²) >= 11 is 7.18. The predicted molar refractivity (Wildman–Crippen MR) is 120 cm³/mol. The lowest BCUT2D eigenvalue weighted by Gasteiger charge is -2.16. The average Bonchev–Trinajstić information content (AvgIpc) is 3.35. The molecule has 1 saturated heterocycles. The number of rotatable bonds is 5. The third-order valence-electron chi connectivity index (χ3n) is 4.74. The second-order valence-corrected chi connectivity index (χ2v) is 8.49. The highest BCUT2D eigenvalue weighted by atomic mass is 35.5. The van der Waals surface area contributed by atoms with Crippen molar-refractivity contribution in [2.24, 2.45) is 0 Å². The predicted octanol–water partition coefficient (Wildman–Crippen LogP) is 3.92. The molecule has 3 amide bonds. The van der Waals surface area contributed by atoms with Crippen LogP contribution in [0.2, 0.25) is 5.02 Å². The Morgan fingerprint density at radius 1 is 1.06 bits per heavy atom. The first-order valence-corrected chi connectivity index (χ1v) is 10.7. The maximum absolute atomic E-state index is 12.5. The molecule has 1 fully saturated rings. The summed E-state index contributed by atoms with van der Waals surface area (Å²) in [6, 6.07) is 13.6. The van der Waals surface area contributed by atoms with Crippen molar-refractivity contribution in [2.75, 3.05) is 22.1 Å². The van der Waals surface area contributed by atoms with E-state index in [1.807, 2.05) is 12.1 Å². The number of anilines is 3. The van der Waals surface area contributed by atoms with Crippen LogP contribution in [0.5, 0.6) is 0 Å². The second-order valence-electron chi connectivity index (χ2n) is 7.04. The lowest BCUT2D eigenvalue weighted by atomic mass is 10.1. The van der Waals surface area contributed by atoms with E-state index in [9.17, 15) is 14.4 Å². The number of benzene rings is 2. The number of hydrogen-bond donors (Lipinski definition) is 2. The van der Waals surface area contributed by atoms with Gasteiger partial charge in [-0.15, -0.1) is 10.2 Å². The molecule has 0 aliphatic carbocycles. The quantitative estimate of drug-likeness (QED) is 0.606. The van der Waals surface area contributed by atoms with Crippen LogP contribution in [0, 0.1) is 0 Å². The van der Waals surface area contributed by atoms with Crippen molar-refractivity contribution in [3.63, 3.8) is 0 Å². The highest BCUT2D eigenvalue weighted by Gasteiger charge is 2.34. The van der Waals surface area contributed by atoms with Crippen molar-refractivity contribution in [2.45, 2.75) is 19.3 Å². The number of hydrogen-bond acceptors (Lipinski definition) is 6. The molecule has 1 atom stereocenters. The molecule has 0 radical (unpaired) electrons. The highest BCUT2D eigenvalue weighted by Crippen LogP contribution is 2.34. The molecule has 1 aromatic heterocycles. The summed E-state index contributed by atoms with van der Waals surface area (Å²) in [5, 5.41) is 15.3. The number of aromatic nitrogens is 2. The SMILES string of the molecule is CC(=O)Nc1ccc(C(=O)Nc2nnc([C@H]3CC(=O)N(c4ccc(Cl)cc4)C3)s2)cc1. The maximum Gasteiger partial charge on any atom is 0.257 e. The smallest absolute Gasteiger partial charge is 0.257 e. The van der Waals surface area contributed by atoms with Gasteiger partial charge < -0.3 is 10.2 Å². The van der Waals surface area contributed by atoms with Gasteiger partial charge in [-0.2, -0.15) is 0 Å². The fourth-order valence-corrected chi connectivity index (χ4v) is 4.23. The van der Waals surface area contributed by atoms with E-state index in [0.29, 0.717) is 39.4 Å². The van der Waals surface area contributed by atoms with E-state index in [-0.39, 0.29) is 23.6 Å². The first-order valence-electron chi connectivity index (χ1n) is 9.47. The van der Waals surface area contributed by atoms with Gasteiger partial charge in [0.25, 0.3) is 5.91 Å². The van der Waals surface area contributed by atoms with Gasteiger partial charge in [-0.25, -0.2) is 0 Å². The molecule has 4 rings (SSSR count). The van der Waals surface area contributed by atoms with E-state index in [0.717, 1.165) is 5.69 Å². The summed E-state index contributed by atoms with van der Waals surface area (Å²) in [7, 11) is 0. The third-order valence-corrected chi connectivity index (χ3v) is 5.99. The molecule has 158 valence electrons. The van der Waals surface area contributed by atoms with E-state index in [1.54, 1.807) is 41.3 Å². The Morgan fingerprint density at radius 3 is 2.45 bits per heavy atom. The number of carbonyl (C=O) groups is 3. The lowest BCUT2D eigenvalue weighted by Crippen LogP contribution is -2.24. The Kier molecular flexibility index (Phi) is 5.97. The van der Waals surface area contributed by atoms with Crippen molar-refractivity contribution in [1.82, 2.24) is 10.2 Å². The van der Waals surface area contributed by atoms with Gasteiger partial charge in [0.1, 0.15) is 5.01 Å². The Balaban J connectivity index is 1.40. The van der Waals surface area contributed by atoms with Crippen LogP contribution < -0.4 is 15.5 Å². The van der Waals surface area contributed by atoms with Gasteiger partial charge >= 0.3 is 0 Å². The van der Waals surface area contributed by atoms with E-state index < -0.39 is 0 Å². The van der Waals surface area contributed by atoms with E-state index in [1.165, 1.54) is 18.3 Å². The average molecular weight is 456 g/mol. The minimum absolute atomic E-state index is 0.00682. The zero-order valence-corrected chi connectivity index (χ0v) is 18.0. The molecule has 1 aliphatic heterocycles. The molecule has 1 aliphatic rings. The zero-order valence-electron chi connectivity index (χ0n) is 16.5. The number of halogens is 1. The minimum atomic E-state index is -0.331. The number of amides is 3. The van der Waals surface area contributed by atoms with Crippen LogP contribution in [0.1, 0.15) is 34.6 Å². The summed E-state index contributed by atoms with van der Waals surface area (Å²) in [6.07, 6.45) is 0.329. The highest BCUT2D eigenvalue weighted by molar-refractivity contribution is 7.15. The first kappa shape index (κ1) is 21.0. The number of carbonyl (C=O) groups excluding carboxylic acids is 3. The Hall–Kier alpha value is -3.30. The molecule has 31 heavy (non-hydrogen) atoms. The molecule has 0 unspecified atom stereocenters. The monoisotopic (exact) mass is 455 g/mol. The summed E-state index contributed by atoms with van der Waals surface area (Å²) in [5.41, 5.74) is 1.83. The molecule has 0 saturated carbocycles. The molecule has 2 heterocycles. The van der Waals surface area contributed by atoms with Gasteiger partial charge in [-0.05, 0) is 48.5 Å². The topological polar surface area (TPSA) is 104 Å². The number of nitrogens with one attached hydrogen (secondary N) is 2. The molecular formula is C21H18ClN5O3S. The van der Waals surface area contributed by atoms with Gasteiger partial charge in [0.15, 0.2) is 0 Å². The van der Waals surface area contributed by atoms with Gasteiger partial charge in [0.2, 0.25) is 16.9 Å². The summed E-state index contributed by atoms with van der Waals surface area (Å²) in [5.74, 6) is -0.600. The minimum Gasteiger partial charge on any atom is -0.326 e. The van der Waals surface area contributed by atoms with Crippen LogP contribution in [0.15, 0.2) is 48.5 Å². The van der Waals surface area contributed by atoms with Gasteiger partial charge in [-0.3, -0.25) is 19.7 Å². The van der Waals surface area contributed by atoms with Crippen molar-refractivity contribution >= 4 is 57.2 Å². The van der Waals surface area contributed by atoms with Gasteiger partial charge in [-0.1, -0.05) is 22.9 Å². The van der Waals surface area contributed by atoms with Crippen LogP contribution in [-0.4, -0.2) is 34.5 Å². The fraction of sp³-hybridized carbons (Fsp3) is 0.190. The standard InChI is InChI=1S/C21H18ClN5O3S/c1-12(28)23-16-6-2-13(3-7-16)19(30)24-21-26-25-20(31-21)14-10-18(29)27(11-14)17-8-4-15(22)5-9-17/h2-9,14H,10-11H2,1H3,(H,23,28)(H,24,26,30)/t14-/m0/s1. The van der Waals surface area contributed by atoms with Crippen LogP contribution in [-0.2, 0) is 9.59 Å². The van der Waals surface area contributed by atoms with Crippen LogP contribution in [0.25, 0.3) is 0 Å². The van der Waals surface area contributed by atoms with Crippen molar-refractivity contribution in [1.29, 1.82) is 0 Å². The second kappa shape index (κ2) is 8.83. The molecule has 0 bridgehead atoms. The number of nitrogens with zero attached hydrogens (tertiary/aromatic N) is 3. The molecule has 2 aromatic carbocycles. The molecule has 0 spiro atoms.